The molecular weight excluding hydrogens is 620 g/mol. The molecule has 1 aliphatic rings. The third-order valence-corrected chi connectivity index (χ3v) is 9.11. The number of halogens is 1. The zero-order valence-electron chi connectivity index (χ0n) is 21.3. The van der Waals surface area contributed by atoms with Crippen LogP contribution in [0.5, 0.6) is 0 Å². The van der Waals surface area contributed by atoms with Crippen molar-refractivity contribution in [1.29, 1.82) is 0 Å². The van der Waals surface area contributed by atoms with Crippen molar-refractivity contribution in [1.82, 2.24) is 18.8 Å². The van der Waals surface area contributed by atoms with Gasteiger partial charge < -0.3 is 25.3 Å². The van der Waals surface area contributed by atoms with E-state index in [-0.39, 0.29) is 21.7 Å². The van der Waals surface area contributed by atoms with Crippen molar-refractivity contribution >= 4 is 48.5 Å². The Bertz CT molecular complexity index is 1810. The van der Waals surface area contributed by atoms with Crippen molar-refractivity contribution in [3.8, 4) is 11.8 Å². The van der Waals surface area contributed by atoms with Gasteiger partial charge in [0, 0.05) is 31.4 Å². The van der Waals surface area contributed by atoms with Gasteiger partial charge in [-0.1, -0.05) is 30.0 Å². The standard InChI is InChI=1S/C26H23BrN6O7S/c1-31(41(38,39)17-9-10-18(27)19(11-17)33(36)37)13-20-22(34)23(35)26(40-20)32-12-16(8-7-15-5-3-2-4-6-15)21-24(28)29-14-30-25(21)32/h2-6,9-12,14,20,22-23,26,34-35H,13H2,1H3,(H2,28,29,30)/t20-,22-,23-,26-/m1/s1. The Labute approximate surface area is 242 Å². The molecule has 15 heteroatoms. The number of hydrogen-bond acceptors (Lipinski definition) is 10. The number of fused-ring (bicyclic) bond motifs is 1. The third kappa shape index (κ3) is 5.40. The van der Waals surface area contributed by atoms with E-state index < -0.39 is 45.2 Å². The summed E-state index contributed by atoms with van der Waals surface area (Å²) in [7, 11) is -2.97. The Kier molecular flexibility index (Phi) is 7.79. The summed E-state index contributed by atoms with van der Waals surface area (Å²) in [5.41, 5.74) is 7.24. The normalized spacial score (nSPS) is 20.7. The van der Waals surface area contributed by atoms with E-state index in [1.54, 1.807) is 6.20 Å². The van der Waals surface area contributed by atoms with Crippen LogP contribution in [0.4, 0.5) is 11.5 Å². The van der Waals surface area contributed by atoms with Crippen LogP contribution in [0.3, 0.4) is 0 Å². The first-order chi connectivity index (χ1) is 19.5. The zero-order chi connectivity index (χ0) is 29.5. The molecule has 0 aliphatic carbocycles. The van der Waals surface area contributed by atoms with Crippen LogP contribution in [-0.4, -0.2) is 74.3 Å². The third-order valence-electron chi connectivity index (χ3n) is 6.62. The van der Waals surface area contributed by atoms with Gasteiger partial charge in [0.1, 0.15) is 36.1 Å². The number of ether oxygens (including phenoxy) is 1. The second-order valence-corrected chi connectivity index (χ2v) is 12.1. The molecule has 2 aromatic heterocycles. The average Bonchev–Trinajstić information content (AvgIpc) is 3.45. The number of nitrogen functional groups attached to an aromatic ring is 1. The van der Waals surface area contributed by atoms with Gasteiger partial charge in [-0.15, -0.1) is 0 Å². The molecule has 41 heavy (non-hydrogen) atoms. The van der Waals surface area contributed by atoms with Crippen molar-refractivity contribution < 1.29 is 28.3 Å². The molecule has 0 amide bonds. The first-order valence-electron chi connectivity index (χ1n) is 12.1. The lowest BCUT2D eigenvalue weighted by Gasteiger charge is -2.22. The molecule has 4 aromatic rings. The largest absolute Gasteiger partial charge is 0.387 e. The first kappa shape index (κ1) is 28.6. The highest BCUT2D eigenvalue weighted by atomic mass is 79.9. The molecule has 2 aromatic carbocycles. The SMILES string of the molecule is CN(C[C@H]1O[C@@H](n2cc(C#Cc3ccccc3)c3c(N)ncnc32)[C@H](O)[C@@H]1O)S(=O)(=O)c1ccc(Br)c([N+](=O)[O-])c1. The highest BCUT2D eigenvalue weighted by Crippen LogP contribution is 2.35. The fraction of sp³-hybridized carbons (Fsp3) is 0.231. The molecule has 4 atom stereocenters. The predicted molar refractivity (Wildman–Crippen MR) is 151 cm³/mol. The van der Waals surface area contributed by atoms with E-state index in [0.29, 0.717) is 16.6 Å². The molecule has 3 heterocycles. The highest BCUT2D eigenvalue weighted by Gasteiger charge is 2.45. The number of likely N-dealkylation sites (N-methyl/N-ethyl adjacent to an activating group) is 1. The smallest absolute Gasteiger partial charge is 0.284 e. The number of aromatic nitrogens is 3. The molecule has 1 fully saturated rings. The molecule has 0 spiro atoms. The fourth-order valence-corrected chi connectivity index (χ4v) is 6.09. The Morgan fingerprint density at radius 2 is 1.90 bits per heavy atom. The van der Waals surface area contributed by atoms with Gasteiger partial charge in [-0.2, -0.15) is 4.31 Å². The van der Waals surface area contributed by atoms with Gasteiger partial charge >= 0.3 is 0 Å². The summed E-state index contributed by atoms with van der Waals surface area (Å²) >= 11 is 3.04. The Morgan fingerprint density at radius 1 is 1.17 bits per heavy atom. The number of sulfonamides is 1. The summed E-state index contributed by atoms with van der Waals surface area (Å²) in [5, 5.41) is 33.5. The topological polar surface area (TPSA) is 187 Å². The van der Waals surface area contributed by atoms with Crippen LogP contribution < -0.4 is 5.73 Å². The van der Waals surface area contributed by atoms with E-state index in [1.807, 2.05) is 30.3 Å². The summed E-state index contributed by atoms with van der Waals surface area (Å²) in [6.45, 7) is -0.363. The van der Waals surface area contributed by atoms with E-state index >= 15 is 0 Å². The van der Waals surface area contributed by atoms with Crippen molar-refractivity contribution in [2.75, 3.05) is 19.3 Å². The van der Waals surface area contributed by atoms with Crippen molar-refractivity contribution in [2.24, 2.45) is 0 Å². The molecule has 13 nitrogen and oxygen atoms in total. The number of nitrogens with zero attached hydrogens (tertiary/aromatic N) is 5. The van der Waals surface area contributed by atoms with E-state index in [0.717, 1.165) is 15.9 Å². The molecule has 4 N–H and O–H groups in total. The number of nitro groups is 1. The van der Waals surface area contributed by atoms with Crippen LogP contribution in [0.15, 0.2) is 70.4 Å². The number of anilines is 1. The monoisotopic (exact) mass is 642 g/mol. The van der Waals surface area contributed by atoms with Crippen LogP contribution in [0.25, 0.3) is 11.0 Å². The Balaban J connectivity index is 1.43. The van der Waals surface area contributed by atoms with E-state index in [1.165, 1.54) is 30.1 Å². The molecule has 0 bridgehead atoms. The highest BCUT2D eigenvalue weighted by molar-refractivity contribution is 9.10. The lowest BCUT2D eigenvalue weighted by molar-refractivity contribution is -0.385. The second-order valence-electron chi connectivity index (χ2n) is 9.23. The molecule has 1 saturated heterocycles. The number of rotatable bonds is 6. The predicted octanol–water partition coefficient (Wildman–Crippen LogP) is 2.02. The minimum Gasteiger partial charge on any atom is -0.387 e. The van der Waals surface area contributed by atoms with Gasteiger partial charge in [0.2, 0.25) is 10.0 Å². The molecule has 212 valence electrons. The van der Waals surface area contributed by atoms with Crippen LogP contribution in [0.1, 0.15) is 17.4 Å². The van der Waals surface area contributed by atoms with Crippen LogP contribution >= 0.6 is 15.9 Å². The first-order valence-corrected chi connectivity index (χ1v) is 14.3. The minimum atomic E-state index is -4.22. The number of nitrogens with two attached hydrogens (primary N) is 1. The van der Waals surface area contributed by atoms with Crippen molar-refractivity contribution in [3.63, 3.8) is 0 Å². The Hall–Kier alpha value is -3.91. The quantitative estimate of drug-likeness (QED) is 0.159. The number of benzene rings is 2. The number of aliphatic hydroxyl groups excluding tert-OH is 2. The summed E-state index contributed by atoms with van der Waals surface area (Å²) in [6.07, 6.45) is -2.44. The van der Waals surface area contributed by atoms with Gasteiger partial charge in [0.05, 0.1) is 25.2 Å². The maximum atomic E-state index is 13.2. The van der Waals surface area contributed by atoms with Gasteiger partial charge in [0.25, 0.3) is 5.69 Å². The number of nitro benzene ring substituents is 1. The minimum absolute atomic E-state index is 0.126. The molecule has 0 unspecified atom stereocenters. The lowest BCUT2D eigenvalue weighted by atomic mass is 10.1. The van der Waals surface area contributed by atoms with Gasteiger partial charge in [-0.3, -0.25) is 10.1 Å². The maximum absolute atomic E-state index is 13.2. The van der Waals surface area contributed by atoms with Gasteiger partial charge in [-0.25, -0.2) is 18.4 Å². The summed E-state index contributed by atoms with van der Waals surface area (Å²) in [4.78, 5) is 18.6. The molecule has 0 saturated carbocycles. The fourth-order valence-electron chi connectivity index (χ4n) is 4.49. The number of aliphatic hydroxyl groups is 2. The average molecular weight is 643 g/mol. The van der Waals surface area contributed by atoms with E-state index in [9.17, 15) is 28.7 Å². The van der Waals surface area contributed by atoms with Crippen LogP contribution in [0.2, 0.25) is 0 Å². The zero-order valence-corrected chi connectivity index (χ0v) is 23.7. The van der Waals surface area contributed by atoms with Crippen LogP contribution in [0, 0.1) is 22.0 Å². The van der Waals surface area contributed by atoms with Gasteiger partial charge in [-0.05, 0) is 40.2 Å². The molecule has 0 radical (unpaired) electrons. The number of hydrogen-bond donors (Lipinski definition) is 3. The lowest BCUT2D eigenvalue weighted by Crippen LogP contribution is -2.40. The van der Waals surface area contributed by atoms with Crippen LogP contribution in [-0.2, 0) is 14.8 Å². The summed E-state index contributed by atoms with van der Waals surface area (Å²) in [5.74, 6) is 6.24. The molecule has 1 aliphatic heterocycles. The summed E-state index contributed by atoms with van der Waals surface area (Å²) in [6, 6.07) is 12.7. The maximum Gasteiger partial charge on any atom is 0.284 e. The molecular formula is C26H23BrN6O7S. The van der Waals surface area contributed by atoms with E-state index in [2.05, 4.69) is 37.7 Å². The van der Waals surface area contributed by atoms with Crippen molar-refractivity contribution in [3.05, 3.63) is 86.8 Å². The summed E-state index contributed by atoms with van der Waals surface area (Å²) < 4.78 is 34.8. The van der Waals surface area contributed by atoms with E-state index in [4.69, 9.17) is 10.5 Å². The Morgan fingerprint density at radius 3 is 2.61 bits per heavy atom. The molecule has 5 rings (SSSR count). The second kappa shape index (κ2) is 11.2. The van der Waals surface area contributed by atoms with Gasteiger partial charge in [0.15, 0.2) is 6.23 Å². The van der Waals surface area contributed by atoms with Crippen molar-refractivity contribution in [2.45, 2.75) is 29.4 Å².